The zero-order chi connectivity index (χ0) is 15.0. The summed E-state index contributed by atoms with van der Waals surface area (Å²) in [5.41, 5.74) is 2.18. The first-order chi connectivity index (χ1) is 10.0. The molecule has 3 rings (SSSR count). The van der Waals surface area contributed by atoms with Crippen LogP contribution in [0.15, 0.2) is 67.6 Å². The van der Waals surface area contributed by atoms with Crippen LogP contribution in [0.25, 0.3) is 10.9 Å². The quantitative estimate of drug-likeness (QED) is 0.657. The van der Waals surface area contributed by atoms with Crippen molar-refractivity contribution in [2.24, 2.45) is 7.05 Å². The normalized spacial score (nSPS) is 11.0. The highest BCUT2D eigenvalue weighted by Crippen LogP contribution is 2.33. The third-order valence-electron chi connectivity index (χ3n) is 3.41. The molecule has 2 nitrogen and oxygen atoms in total. The molecule has 0 N–H and O–H groups in total. The van der Waals surface area contributed by atoms with Crippen molar-refractivity contribution in [2.75, 3.05) is 0 Å². The number of aromatic nitrogens is 1. The summed E-state index contributed by atoms with van der Waals surface area (Å²) in [6.45, 7) is 2.07. The summed E-state index contributed by atoms with van der Waals surface area (Å²) in [5.74, 6) is 0. The SMILES string of the molecule is Cc1ccc2c(c1)c(Sc1ccc(Br)cc1)cc(=O)n2C. The van der Waals surface area contributed by atoms with Gasteiger partial charge in [0.2, 0.25) is 0 Å². The van der Waals surface area contributed by atoms with E-state index in [1.54, 1.807) is 22.4 Å². The van der Waals surface area contributed by atoms with Gasteiger partial charge in [0.1, 0.15) is 0 Å². The van der Waals surface area contributed by atoms with Crippen LogP contribution >= 0.6 is 27.7 Å². The topological polar surface area (TPSA) is 22.0 Å². The van der Waals surface area contributed by atoms with E-state index in [0.29, 0.717) is 0 Å². The second kappa shape index (κ2) is 5.70. The molecule has 0 atom stereocenters. The van der Waals surface area contributed by atoms with Crippen molar-refractivity contribution in [1.29, 1.82) is 0 Å². The molecule has 0 amide bonds. The minimum atomic E-state index is 0.0194. The molecule has 0 unspecified atom stereocenters. The highest BCUT2D eigenvalue weighted by atomic mass is 79.9. The lowest BCUT2D eigenvalue weighted by atomic mass is 10.1. The van der Waals surface area contributed by atoms with E-state index in [4.69, 9.17) is 0 Å². The van der Waals surface area contributed by atoms with Gasteiger partial charge in [0.25, 0.3) is 5.56 Å². The first-order valence-electron chi connectivity index (χ1n) is 6.58. The molecule has 3 aromatic rings. The van der Waals surface area contributed by atoms with Crippen LogP contribution in [0.2, 0.25) is 0 Å². The molecule has 0 saturated heterocycles. The van der Waals surface area contributed by atoms with E-state index < -0.39 is 0 Å². The Labute approximate surface area is 135 Å². The lowest BCUT2D eigenvalue weighted by Gasteiger charge is -2.10. The molecule has 0 radical (unpaired) electrons. The summed E-state index contributed by atoms with van der Waals surface area (Å²) in [6, 6.07) is 16.0. The van der Waals surface area contributed by atoms with Crippen LogP contribution in [0.5, 0.6) is 0 Å². The fraction of sp³-hybridized carbons (Fsp3) is 0.118. The van der Waals surface area contributed by atoms with Crippen LogP contribution in [-0.4, -0.2) is 4.57 Å². The molecule has 0 aliphatic rings. The molecule has 1 heterocycles. The molecule has 21 heavy (non-hydrogen) atoms. The second-order valence-electron chi connectivity index (χ2n) is 4.98. The van der Waals surface area contributed by atoms with Gasteiger partial charge in [-0.15, -0.1) is 0 Å². The summed E-state index contributed by atoms with van der Waals surface area (Å²) in [5, 5.41) is 1.12. The minimum absolute atomic E-state index is 0.0194. The van der Waals surface area contributed by atoms with Crippen molar-refractivity contribution < 1.29 is 0 Å². The van der Waals surface area contributed by atoms with Crippen LogP contribution in [0.3, 0.4) is 0 Å². The molecule has 0 fully saturated rings. The van der Waals surface area contributed by atoms with Crippen LogP contribution in [0.1, 0.15) is 5.56 Å². The highest BCUT2D eigenvalue weighted by Gasteiger charge is 2.08. The van der Waals surface area contributed by atoms with Crippen LogP contribution in [0.4, 0.5) is 0 Å². The van der Waals surface area contributed by atoms with Gasteiger partial charge in [-0.1, -0.05) is 39.3 Å². The van der Waals surface area contributed by atoms with Gasteiger partial charge in [-0.3, -0.25) is 4.79 Å². The van der Waals surface area contributed by atoms with Gasteiger partial charge in [-0.25, -0.2) is 0 Å². The number of benzene rings is 2. The van der Waals surface area contributed by atoms with E-state index in [-0.39, 0.29) is 5.56 Å². The number of aryl methyl sites for hydroxylation is 2. The minimum Gasteiger partial charge on any atom is -0.311 e. The molecule has 0 spiro atoms. The van der Waals surface area contributed by atoms with Crippen molar-refractivity contribution in [3.05, 3.63) is 68.9 Å². The Morgan fingerprint density at radius 1 is 1.05 bits per heavy atom. The molecule has 0 bridgehead atoms. The largest absolute Gasteiger partial charge is 0.311 e. The van der Waals surface area contributed by atoms with Crippen molar-refractivity contribution in [2.45, 2.75) is 16.7 Å². The monoisotopic (exact) mass is 359 g/mol. The molecular weight excluding hydrogens is 346 g/mol. The highest BCUT2D eigenvalue weighted by molar-refractivity contribution is 9.10. The summed E-state index contributed by atoms with van der Waals surface area (Å²) >= 11 is 5.06. The molecule has 0 aliphatic carbocycles. The van der Waals surface area contributed by atoms with E-state index in [1.165, 1.54) is 5.56 Å². The van der Waals surface area contributed by atoms with Gasteiger partial charge in [-0.2, -0.15) is 0 Å². The maximum absolute atomic E-state index is 12.1. The van der Waals surface area contributed by atoms with Crippen molar-refractivity contribution in [1.82, 2.24) is 4.57 Å². The Morgan fingerprint density at radius 3 is 2.48 bits per heavy atom. The van der Waals surface area contributed by atoms with Gasteiger partial charge in [0, 0.05) is 32.8 Å². The van der Waals surface area contributed by atoms with Crippen LogP contribution < -0.4 is 5.56 Å². The third-order valence-corrected chi connectivity index (χ3v) is 5.00. The number of fused-ring (bicyclic) bond motifs is 1. The summed E-state index contributed by atoms with van der Waals surface area (Å²) in [7, 11) is 1.81. The summed E-state index contributed by atoms with van der Waals surface area (Å²) < 4.78 is 2.75. The molecule has 0 saturated carbocycles. The maximum atomic E-state index is 12.1. The maximum Gasteiger partial charge on any atom is 0.251 e. The van der Waals surface area contributed by atoms with Crippen molar-refractivity contribution in [3.63, 3.8) is 0 Å². The zero-order valence-corrected chi connectivity index (χ0v) is 14.2. The lowest BCUT2D eigenvalue weighted by Crippen LogP contribution is -2.16. The van der Waals surface area contributed by atoms with Crippen molar-refractivity contribution in [3.8, 4) is 0 Å². The van der Waals surface area contributed by atoms with Gasteiger partial charge in [0.15, 0.2) is 0 Å². The predicted octanol–water partition coefficient (Wildman–Crippen LogP) is 4.76. The van der Waals surface area contributed by atoms with E-state index in [2.05, 4.69) is 28.9 Å². The standard InChI is InChI=1S/C17H14BrNOS/c1-11-3-8-15-14(9-11)16(10-17(20)19(15)2)21-13-6-4-12(18)5-7-13/h3-10H,1-2H3. The van der Waals surface area contributed by atoms with Gasteiger partial charge < -0.3 is 4.57 Å². The van der Waals surface area contributed by atoms with Gasteiger partial charge >= 0.3 is 0 Å². The number of hydrogen-bond donors (Lipinski definition) is 0. The number of rotatable bonds is 2. The number of nitrogens with zero attached hydrogens (tertiary/aromatic N) is 1. The average Bonchev–Trinajstić information content (AvgIpc) is 2.47. The fourth-order valence-corrected chi connectivity index (χ4v) is 3.48. The van der Waals surface area contributed by atoms with Gasteiger partial charge in [0.05, 0.1) is 5.52 Å². The fourth-order valence-electron chi connectivity index (χ4n) is 2.26. The number of halogens is 1. The average molecular weight is 360 g/mol. The molecule has 106 valence electrons. The first-order valence-corrected chi connectivity index (χ1v) is 8.19. The van der Waals surface area contributed by atoms with E-state index in [9.17, 15) is 4.79 Å². The smallest absolute Gasteiger partial charge is 0.251 e. The molecule has 1 aromatic heterocycles. The Morgan fingerprint density at radius 2 is 1.76 bits per heavy atom. The molecule has 2 aromatic carbocycles. The zero-order valence-electron chi connectivity index (χ0n) is 11.8. The van der Waals surface area contributed by atoms with Gasteiger partial charge in [-0.05, 0) is 43.3 Å². The summed E-state index contributed by atoms with van der Waals surface area (Å²) in [6.07, 6.45) is 0. The Hall–Kier alpha value is -1.52. The Balaban J connectivity index is 2.17. The number of pyridine rings is 1. The van der Waals surface area contributed by atoms with Crippen molar-refractivity contribution >= 4 is 38.6 Å². The molecule has 0 aliphatic heterocycles. The first kappa shape index (κ1) is 14.4. The molecule has 4 heteroatoms. The van der Waals surface area contributed by atoms with Crippen LogP contribution in [0, 0.1) is 6.92 Å². The van der Waals surface area contributed by atoms with E-state index in [0.717, 1.165) is 25.2 Å². The molecular formula is C17H14BrNOS. The third kappa shape index (κ3) is 2.92. The van der Waals surface area contributed by atoms with E-state index >= 15 is 0 Å². The Kier molecular flexibility index (Phi) is 3.91. The summed E-state index contributed by atoms with van der Waals surface area (Å²) in [4.78, 5) is 14.2. The van der Waals surface area contributed by atoms with Crippen LogP contribution in [-0.2, 0) is 7.05 Å². The second-order valence-corrected chi connectivity index (χ2v) is 7.01. The lowest BCUT2D eigenvalue weighted by molar-refractivity contribution is 0.898. The Bertz CT molecular complexity index is 868. The predicted molar refractivity (Wildman–Crippen MR) is 92.2 cm³/mol. The number of hydrogen-bond acceptors (Lipinski definition) is 2. The van der Waals surface area contributed by atoms with E-state index in [1.807, 2.05) is 43.4 Å².